The van der Waals surface area contributed by atoms with E-state index in [1.165, 1.54) is 5.56 Å². The Bertz CT molecular complexity index is 787. The summed E-state index contributed by atoms with van der Waals surface area (Å²) in [5, 5.41) is 23.8. The number of amides is 1. The van der Waals surface area contributed by atoms with Gasteiger partial charge in [-0.05, 0) is 73.5 Å². The fourth-order valence-electron chi connectivity index (χ4n) is 5.80. The van der Waals surface area contributed by atoms with Crippen LogP contribution in [-0.4, -0.2) is 47.1 Å². The van der Waals surface area contributed by atoms with Crippen molar-refractivity contribution < 1.29 is 24.1 Å². The van der Waals surface area contributed by atoms with Crippen molar-refractivity contribution in [2.24, 2.45) is 17.8 Å². The van der Waals surface area contributed by atoms with Crippen molar-refractivity contribution in [3.8, 4) is 5.75 Å². The van der Waals surface area contributed by atoms with Crippen molar-refractivity contribution in [3.63, 3.8) is 0 Å². The standard InChI is InChI=1S/C26H38FNO4/c1-2-3-4-7-18(29)9-10-19-20-11-16-6-5-8-25(21(16)12-17(20)13-24(19)30)32-15-26(31)28-23-14-22(23)27/h5-6,8,17-20,22-24,29-30H,2-4,7,9-15H2,1H3,(H,28,31)/t17-,18-,19+,20?,22-,23-,24+/m0/s1. The molecule has 2 saturated carbocycles. The lowest BCUT2D eigenvalue weighted by atomic mass is 9.73. The van der Waals surface area contributed by atoms with Crippen molar-refractivity contribution in [1.82, 2.24) is 5.32 Å². The van der Waals surface area contributed by atoms with E-state index in [1.807, 2.05) is 12.1 Å². The highest BCUT2D eigenvalue weighted by Gasteiger charge is 2.45. The third-order valence-electron chi connectivity index (χ3n) is 7.74. The number of nitrogens with one attached hydrogen (secondary N) is 1. The average Bonchev–Trinajstić information content (AvgIpc) is 3.36. The number of hydrogen-bond donors (Lipinski definition) is 3. The van der Waals surface area contributed by atoms with Crippen molar-refractivity contribution in [1.29, 1.82) is 0 Å². The minimum absolute atomic E-state index is 0.102. The number of hydrogen-bond acceptors (Lipinski definition) is 4. The first kappa shape index (κ1) is 23.5. The van der Waals surface area contributed by atoms with Crippen LogP contribution in [0, 0.1) is 17.8 Å². The molecule has 1 aromatic rings. The van der Waals surface area contributed by atoms with E-state index < -0.39 is 6.17 Å². The summed E-state index contributed by atoms with van der Waals surface area (Å²) in [6.45, 7) is 2.07. The van der Waals surface area contributed by atoms with Gasteiger partial charge in [0.05, 0.1) is 18.2 Å². The second-order valence-corrected chi connectivity index (χ2v) is 10.1. The van der Waals surface area contributed by atoms with Gasteiger partial charge in [-0.25, -0.2) is 4.39 Å². The van der Waals surface area contributed by atoms with Gasteiger partial charge in [-0.2, -0.15) is 0 Å². The number of alkyl halides is 1. The van der Waals surface area contributed by atoms with E-state index in [0.717, 1.165) is 69.1 Å². The van der Waals surface area contributed by atoms with Crippen LogP contribution in [0.5, 0.6) is 5.75 Å². The zero-order valence-corrected chi connectivity index (χ0v) is 19.1. The summed E-state index contributed by atoms with van der Waals surface area (Å²) in [5.41, 5.74) is 2.38. The average molecular weight is 448 g/mol. The van der Waals surface area contributed by atoms with Crippen LogP contribution in [-0.2, 0) is 17.6 Å². The molecule has 3 aliphatic rings. The summed E-state index contributed by atoms with van der Waals surface area (Å²) in [7, 11) is 0. The van der Waals surface area contributed by atoms with E-state index in [2.05, 4.69) is 18.3 Å². The third-order valence-corrected chi connectivity index (χ3v) is 7.74. The molecule has 0 radical (unpaired) electrons. The molecule has 32 heavy (non-hydrogen) atoms. The Morgan fingerprint density at radius 3 is 2.81 bits per heavy atom. The Balaban J connectivity index is 1.33. The Kier molecular flexibility index (Phi) is 7.72. The van der Waals surface area contributed by atoms with E-state index in [0.29, 0.717) is 18.3 Å². The predicted molar refractivity (Wildman–Crippen MR) is 121 cm³/mol. The fourth-order valence-corrected chi connectivity index (χ4v) is 5.80. The third kappa shape index (κ3) is 5.63. The molecule has 178 valence electrons. The van der Waals surface area contributed by atoms with E-state index in [-0.39, 0.29) is 36.7 Å². The number of unbranched alkanes of at least 4 members (excludes halogenated alkanes) is 2. The molecule has 0 bridgehead atoms. The quantitative estimate of drug-likeness (QED) is 0.452. The Morgan fingerprint density at radius 1 is 1.25 bits per heavy atom. The minimum atomic E-state index is -0.917. The molecule has 3 N–H and O–H groups in total. The largest absolute Gasteiger partial charge is 0.483 e. The van der Waals surface area contributed by atoms with Gasteiger partial charge in [-0.3, -0.25) is 4.79 Å². The molecule has 0 aliphatic heterocycles. The number of rotatable bonds is 11. The van der Waals surface area contributed by atoms with Crippen LogP contribution in [0.25, 0.3) is 0 Å². The maximum absolute atomic E-state index is 13.0. The summed E-state index contributed by atoms with van der Waals surface area (Å²) in [6.07, 6.45) is 7.32. The van der Waals surface area contributed by atoms with Crippen LogP contribution in [0.2, 0.25) is 0 Å². The van der Waals surface area contributed by atoms with Crippen LogP contribution >= 0.6 is 0 Å². The second-order valence-electron chi connectivity index (χ2n) is 10.1. The van der Waals surface area contributed by atoms with Gasteiger partial charge in [0.25, 0.3) is 5.91 Å². The van der Waals surface area contributed by atoms with Crippen molar-refractivity contribution >= 4 is 5.91 Å². The summed E-state index contributed by atoms with van der Waals surface area (Å²) in [6, 6.07) is 5.64. The van der Waals surface area contributed by atoms with Crippen molar-refractivity contribution in [2.45, 2.75) is 95.6 Å². The molecule has 0 saturated heterocycles. The summed E-state index contributed by atoms with van der Waals surface area (Å²) in [4.78, 5) is 12.0. The van der Waals surface area contributed by atoms with E-state index >= 15 is 0 Å². The number of fused-ring (bicyclic) bond motifs is 2. The maximum Gasteiger partial charge on any atom is 0.258 e. The molecule has 3 aliphatic carbocycles. The van der Waals surface area contributed by atoms with Crippen LogP contribution in [0.15, 0.2) is 18.2 Å². The molecule has 1 unspecified atom stereocenters. The van der Waals surface area contributed by atoms with E-state index in [9.17, 15) is 19.4 Å². The predicted octanol–water partition coefficient (Wildman–Crippen LogP) is 3.73. The maximum atomic E-state index is 13.0. The zero-order chi connectivity index (χ0) is 22.7. The van der Waals surface area contributed by atoms with Crippen molar-refractivity contribution in [3.05, 3.63) is 29.3 Å². The molecule has 2 fully saturated rings. The molecule has 1 aromatic carbocycles. The molecule has 4 rings (SSSR count). The summed E-state index contributed by atoms with van der Waals surface area (Å²) < 4.78 is 18.8. The summed E-state index contributed by atoms with van der Waals surface area (Å²) >= 11 is 0. The smallest absolute Gasteiger partial charge is 0.258 e. The fraction of sp³-hybridized carbons (Fsp3) is 0.731. The number of carbonyl (C=O) groups is 1. The van der Waals surface area contributed by atoms with Gasteiger partial charge in [-0.15, -0.1) is 0 Å². The molecule has 0 heterocycles. The highest BCUT2D eigenvalue weighted by atomic mass is 19.1. The second kappa shape index (κ2) is 10.5. The first-order valence-electron chi connectivity index (χ1n) is 12.5. The molecule has 5 nitrogen and oxygen atoms in total. The lowest BCUT2D eigenvalue weighted by Crippen LogP contribution is -2.32. The Hall–Kier alpha value is -1.66. The van der Waals surface area contributed by atoms with Gasteiger partial charge >= 0.3 is 0 Å². The lowest BCUT2D eigenvalue weighted by molar-refractivity contribution is -0.123. The Morgan fingerprint density at radius 2 is 2.06 bits per heavy atom. The first-order chi connectivity index (χ1) is 15.5. The number of aliphatic hydroxyl groups excluding tert-OH is 2. The van der Waals surface area contributed by atoms with E-state index in [4.69, 9.17) is 4.74 Å². The molecule has 1 amide bonds. The molecular weight excluding hydrogens is 409 g/mol. The zero-order valence-electron chi connectivity index (χ0n) is 19.1. The van der Waals surface area contributed by atoms with Gasteiger partial charge in [0.15, 0.2) is 6.61 Å². The SMILES string of the molecule is CCCCC[C@H](O)CC[C@@H]1C2Cc3cccc(OCC(=O)N[C@H]4C[C@@H]4F)c3C[C@H]2C[C@H]1O. The van der Waals surface area contributed by atoms with Crippen LogP contribution in [0.4, 0.5) is 4.39 Å². The van der Waals surface area contributed by atoms with E-state index in [1.54, 1.807) is 0 Å². The lowest BCUT2D eigenvalue weighted by Gasteiger charge is -2.32. The molecule has 6 heteroatoms. The highest BCUT2D eigenvalue weighted by molar-refractivity contribution is 5.78. The molecular formula is C26H38FNO4. The molecule has 7 atom stereocenters. The molecule has 0 spiro atoms. The summed E-state index contributed by atoms with van der Waals surface area (Å²) in [5.74, 6) is 1.51. The Labute approximate surface area is 190 Å². The van der Waals surface area contributed by atoms with Crippen molar-refractivity contribution in [2.75, 3.05) is 6.61 Å². The topological polar surface area (TPSA) is 78.8 Å². The van der Waals surface area contributed by atoms with Crippen LogP contribution in [0.1, 0.15) is 69.4 Å². The van der Waals surface area contributed by atoms with Gasteiger partial charge < -0.3 is 20.3 Å². The highest BCUT2D eigenvalue weighted by Crippen LogP contribution is 2.48. The molecule has 0 aromatic heterocycles. The van der Waals surface area contributed by atoms with Gasteiger partial charge in [0.1, 0.15) is 11.9 Å². The number of ether oxygens (including phenoxy) is 1. The minimum Gasteiger partial charge on any atom is -0.483 e. The number of carbonyl (C=O) groups excluding carboxylic acids is 1. The number of benzene rings is 1. The van der Waals surface area contributed by atoms with Gasteiger partial charge in [-0.1, -0.05) is 38.3 Å². The number of aliphatic hydroxyl groups is 2. The van der Waals surface area contributed by atoms with Crippen LogP contribution in [0.3, 0.4) is 0 Å². The normalized spacial score (nSPS) is 31.5. The van der Waals surface area contributed by atoms with Gasteiger partial charge in [0.2, 0.25) is 0 Å². The first-order valence-corrected chi connectivity index (χ1v) is 12.5. The van der Waals surface area contributed by atoms with Crippen LogP contribution < -0.4 is 10.1 Å². The van der Waals surface area contributed by atoms with Gasteiger partial charge in [0, 0.05) is 6.42 Å². The number of halogens is 1. The monoisotopic (exact) mass is 447 g/mol.